The third-order valence-electron chi connectivity index (χ3n) is 5.32. The van der Waals surface area contributed by atoms with Crippen LogP contribution in [0.5, 0.6) is 0 Å². The van der Waals surface area contributed by atoms with E-state index in [9.17, 15) is 18.0 Å². The first kappa shape index (κ1) is 19.7. The second-order valence-corrected chi connectivity index (χ2v) is 9.90. The molecule has 2 aromatic carbocycles. The Hall–Kier alpha value is -3.30. The molecule has 2 aliphatic heterocycles. The summed E-state index contributed by atoms with van der Waals surface area (Å²) in [6, 6.07) is 15.8. The fourth-order valence-corrected chi connectivity index (χ4v) is 5.78. The number of carbonyl (C=O) groups excluding carboxylic acids is 2. The van der Waals surface area contributed by atoms with Crippen LogP contribution in [-0.2, 0) is 21.4 Å². The summed E-state index contributed by atoms with van der Waals surface area (Å²) in [4.78, 5) is 28.6. The van der Waals surface area contributed by atoms with Gasteiger partial charge in [0.25, 0.3) is 10.0 Å². The van der Waals surface area contributed by atoms with Crippen molar-refractivity contribution in [2.24, 2.45) is 10.3 Å². The van der Waals surface area contributed by atoms with Crippen molar-refractivity contribution in [1.29, 1.82) is 0 Å². The van der Waals surface area contributed by atoms with Crippen LogP contribution in [0.25, 0.3) is 0 Å². The van der Waals surface area contributed by atoms with E-state index in [0.717, 1.165) is 11.1 Å². The van der Waals surface area contributed by atoms with E-state index in [4.69, 9.17) is 0 Å². The van der Waals surface area contributed by atoms with Crippen LogP contribution in [0.4, 0.5) is 11.4 Å². The summed E-state index contributed by atoms with van der Waals surface area (Å²) in [5.74, 6) is -2.46. The quantitative estimate of drug-likeness (QED) is 0.614. The Bertz CT molecular complexity index is 1360. The largest absolute Gasteiger partial charge is 0.341 e. The molecule has 1 aromatic heterocycles. The number of nitrogens with zero attached hydrogens (tertiary/aromatic N) is 2. The summed E-state index contributed by atoms with van der Waals surface area (Å²) in [6.07, 6.45) is 0. The fraction of sp³-hybridized carbons (Fsp3) is 0.136. The molecule has 0 aliphatic carbocycles. The van der Waals surface area contributed by atoms with Gasteiger partial charge in [0.1, 0.15) is 10.7 Å². The number of anilines is 2. The molecule has 0 spiro atoms. The van der Waals surface area contributed by atoms with Crippen LogP contribution in [0, 0.1) is 12.8 Å². The molecule has 1 amide bonds. The molecule has 156 valence electrons. The van der Waals surface area contributed by atoms with Gasteiger partial charge in [0.2, 0.25) is 5.91 Å². The monoisotopic (exact) mass is 451 g/mol. The van der Waals surface area contributed by atoms with Gasteiger partial charge >= 0.3 is 0 Å². The number of hydrogen-bond donors (Lipinski definition) is 1. The first-order valence-electron chi connectivity index (χ1n) is 9.55. The molecule has 0 saturated heterocycles. The Kier molecular flexibility index (Phi) is 4.53. The zero-order chi connectivity index (χ0) is 21.8. The van der Waals surface area contributed by atoms with E-state index in [1.807, 2.05) is 31.2 Å². The number of aryl methyl sites for hydroxylation is 1. The molecule has 3 aromatic rings. The SMILES string of the molecule is Cc1ccc(CN2C(=O)C(C3=NS(=O)(=O)c4ccccc4N3)C(=O)c3sccc32)cc1. The Labute approximate surface area is 183 Å². The summed E-state index contributed by atoms with van der Waals surface area (Å²) in [5, 5.41) is 4.66. The Balaban J connectivity index is 1.57. The molecule has 1 unspecified atom stereocenters. The highest BCUT2D eigenvalue weighted by Gasteiger charge is 2.45. The van der Waals surface area contributed by atoms with Crippen LogP contribution in [-0.4, -0.2) is 25.9 Å². The summed E-state index contributed by atoms with van der Waals surface area (Å²) in [6.45, 7) is 2.25. The Morgan fingerprint density at radius 2 is 1.81 bits per heavy atom. The number of fused-ring (bicyclic) bond motifs is 2. The molecule has 5 rings (SSSR count). The highest BCUT2D eigenvalue weighted by molar-refractivity contribution is 7.90. The van der Waals surface area contributed by atoms with E-state index in [0.29, 0.717) is 16.3 Å². The molecule has 9 heteroatoms. The average Bonchev–Trinajstić information content (AvgIpc) is 3.22. The molecule has 3 heterocycles. The van der Waals surface area contributed by atoms with Crippen LogP contribution >= 0.6 is 11.3 Å². The summed E-state index contributed by atoms with van der Waals surface area (Å²) >= 11 is 1.23. The third-order valence-corrected chi connectivity index (χ3v) is 7.58. The van der Waals surface area contributed by atoms with Crippen molar-refractivity contribution in [3.05, 3.63) is 76.0 Å². The van der Waals surface area contributed by atoms with E-state index < -0.39 is 27.6 Å². The lowest BCUT2D eigenvalue weighted by Gasteiger charge is -2.33. The van der Waals surface area contributed by atoms with Gasteiger partial charge in [0.05, 0.1) is 22.8 Å². The lowest BCUT2D eigenvalue weighted by Crippen LogP contribution is -2.49. The van der Waals surface area contributed by atoms with E-state index in [1.165, 1.54) is 22.3 Å². The number of Topliss-reactive ketones (excluding diaryl/α,β-unsaturated/α-hetero) is 1. The number of hydrogen-bond acceptors (Lipinski definition) is 6. The van der Waals surface area contributed by atoms with Gasteiger partial charge in [-0.05, 0) is 36.1 Å². The van der Waals surface area contributed by atoms with E-state index in [-0.39, 0.29) is 17.3 Å². The minimum absolute atomic E-state index is 0.0165. The van der Waals surface area contributed by atoms with Crippen LogP contribution in [0.3, 0.4) is 0 Å². The number of carbonyl (C=O) groups is 2. The minimum atomic E-state index is -4.03. The van der Waals surface area contributed by atoms with Gasteiger partial charge in [-0.25, -0.2) is 0 Å². The minimum Gasteiger partial charge on any atom is -0.341 e. The number of sulfonamides is 1. The van der Waals surface area contributed by atoms with Gasteiger partial charge in [0.15, 0.2) is 11.7 Å². The number of amides is 1. The second kappa shape index (κ2) is 7.14. The number of thiophene rings is 1. The van der Waals surface area contributed by atoms with Crippen molar-refractivity contribution in [3.8, 4) is 0 Å². The van der Waals surface area contributed by atoms with Gasteiger partial charge in [-0.15, -0.1) is 15.7 Å². The van der Waals surface area contributed by atoms with Crippen molar-refractivity contribution in [1.82, 2.24) is 0 Å². The predicted octanol–water partition coefficient (Wildman–Crippen LogP) is 3.62. The second-order valence-electron chi connectivity index (χ2n) is 7.41. The van der Waals surface area contributed by atoms with Crippen LogP contribution in [0.2, 0.25) is 0 Å². The number of nitrogens with one attached hydrogen (secondary N) is 1. The van der Waals surface area contributed by atoms with Gasteiger partial charge in [-0.2, -0.15) is 8.42 Å². The lowest BCUT2D eigenvalue weighted by molar-refractivity contribution is -0.119. The number of rotatable bonds is 3. The van der Waals surface area contributed by atoms with Crippen molar-refractivity contribution >= 4 is 50.3 Å². The van der Waals surface area contributed by atoms with Crippen molar-refractivity contribution in [2.45, 2.75) is 18.4 Å². The molecule has 0 fully saturated rings. The van der Waals surface area contributed by atoms with E-state index >= 15 is 0 Å². The maximum atomic E-state index is 13.5. The first-order chi connectivity index (χ1) is 14.8. The van der Waals surface area contributed by atoms with Crippen LogP contribution < -0.4 is 10.2 Å². The lowest BCUT2D eigenvalue weighted by atomic mass is 9.93. The van der Waals surface area contributed by atoms with Gasteiger partial charge in [-0.3, -0.25) is 9.59 Å². The molecule has 1 N–H and O–H groups in total. The topological polar surface area (TPSA) is 95.9 Å². The highest BCUT2D eigenvalue weighted by Crippen LogP contribution is 2.38. The fourth-order valence-electron chi connectivity index (χ4n) is 3.76. The molecule has 0 saturated carbocycles. The third kappa shape index (κ3) is 3.26. The van der Waals surface area contributed by atoms with Gasteiger partial charge in [-0.1, -0.05) is 42.0 Å². The smallest absolute Gasteiger partial charge is 0.286 e. The molecule has 7 nitrogen and oxygen atoms in total. The molecule has 1 atom stereocenters. The molecular formula is C22H17N3O4S2. The van der Waals surface area contributed by atoms with Crippen molar-refractivity contribution < 1.29 is 18.0 Å². The maximum absolute atomic E-state index is 13.5. The standard InChI is InChI=1S/C22H17N3O4S2/c1-13-6-8-14(9-7-13)12-25-16-10-11-30-20(16)19(26)18(22(25)27)21-23-15-4-2-3-5-17(15)31(28,29)24-21/h2-11,18H,12H2,1H3,(H,23,24). The summed E-state index contributed by atoms with van der Waals surface area (Å²) in [5.41, 5.74) is 2.84. The molecule has 31 heavy (non-hydrogen) atoms. The van der Waals surface area contributed by atoms with E-state index in [1.54, 1.807) is 29.6 Å². The normalized spacial score (nSPS) is 19.3. The van der Waals surface area contributed by atoms with Crippen LogP contribution in [0.15, 0.2) is 69.3 Å². The Morgan fingerprint density at radius 1 is 1.06 bits per heavy atom. The predicted molar refractivity (Wildman–Crippen MR) is 119 cm³/mol. The number of amidine groups is 1. The molecular weight excluding hydrogens is 434 g/mol. The zero-order valence-corrected chi connectivity index (χ0v) is 18.0. The van der Waals surface area contributed by atoms with Crippen molar-refractivity contribution in [3.63, 3.8) is 0 Å². The molecule has 0 radical (unpaired) electrons. The van der Waals surface area contributed by atoms with Gasteiger partial charge in [0, 0.05) is 0 Å². The first-order valence-corrected chi connectivity index (χ1v) is 11.9. The van der Waals surface area contributed by atoms with Crippen LogP contribution in [0.1, 0.15) is 20.8 Å². The molecule has 0 bridgehead atoms. The maximum Gasteiger partial charge on any atom is 0.286 e. The van der Waals surface area contributed by atoms with Gasteiger partial charge < -0.3 is 10.2 Å². The summed E-state index contributed by atoms with van der Waals surface area (Å²) < 4.78 is 29.2. The number of benzene rings is 2. The Morgan fingerprint density at radius 3 is 2.58 bits per heavy atom. The molecule has 2 aliphatic rings. The average molecular weight is 452 g/mol. The summed E-state index contributed by atoms with van der Waals surface area (Å²) in [7, 11) is -4.03. The number of ketones is 1. The van der Waals surface area contributed by atoms with Crippen molar-refractivity contribution in [2.75, 3.05) is 10.2 Å². The van der Waals surface area contributed by atoms with E-state index in [2.05, 4.69) is 9.71 Å². The highest BCUT2D eigenvalue weighted by atomic mass is 32.2. The zero-order valence-electron chi connectivity index (χ0n) is 16.4. The number of para-hydroxylation sites is 1.